The highest BCUT2D eigenvalue weighted by Crippen LogP contribution is 2.19. The molecule has 0 bridgehead atoms. The van der Waals surface area contributed by atoms with Crippen molar-refractivity contribution in [3.05, 3.63) is 76.0 Å². The van der Waals surface area contributed by atoms with Crippen molar-refractivity contribution in [3.63, 3.8) is 0 Å². The van der Waals surface area contributed by atoms with Crippen LogP contribution in [0.4, 0.5) is 5.69 Å². The Kier molecular flexibility index (Phi) is 4.71. The molecule has 3 rings (SSSR count). The first kappa shape index (κ1) is 16.9. The standard InChI is InChI=1S/C18H13N5O3/c19-8-9-22-12-14(16-6-1-2-7-17(16)22)11-20-21-18(24)13-4-3-5-15(10-13)23(25)26/h1-7,10-12H,9H2,(H,21,24)/b20-11-. The number of fused-ring (bicyclic) bond motifs is 1. The number of carbonyl (C=O) groups excluding carboxylic acids is 1. The highest BCUT2D eigenvalue weighted by Gasteiger charge is 2.11. The van der Waals surface area contributed by atoms with E-state index in [1.165, 1.54) is 30.5 Å². The number of aromatic nitrogens is 1. The molecule has 0 saturated heterocycles. The summed E-state index contributed by atoms with van der Waals surface area (Å²) in [7, 11) is 0. The fourth-order valence-electron chi connectivity index (χ4n) is 2.57. The maximum absolute atomic E-state index is 12.1. The Hall–Kier alpha value is -3.99. The van der Waals surface area contributed by atoms with Crippen molar-refractivity contribution in [2.24, 2.45) is 5.10 Å². The largest absolute Gasteiger partial charge is 0.333 e. The monoisotopic (exact) mass is 347 g/mol. The fraction of sp³-hybridized carbons (Fsp3) is 0.0556. The third-order valence-electron chi connectivity index (χ3n) is 3.75. The van der Waals surface area contributed by atoms with Gasteiger partial charge in [-0.2, -0.15) is 10.4 Å². The Morgan fingerprint density at radius 3 is 2.88 bits per heavy atom. The molecule has 2 aromatic carbocycles. The minimum absolute atomic E-state index is 0.142. The normalized spacial score (nSPS) is 10.7. The number of benzene rings is 2. The third kappa shape index (κ3) is 3.42. The van der Waals surface area contributed by atoms with E-state index in [1.54, 1.807) is 10.8 Å². The summed E-state index contributed by atoms with van der Waals surface area (Å²) in [4.78, 5) is 22.3. The zero-order valence-electron chi connectivity index (χ0n) is 13.5. The van der Waals surface area contributed by atoms with Gasteiger partial charge < -0.3 is 4.57 Å². The van der Waals surface area contributed by atoms with E-state index in [2.05, 4.69) is 16.6 Å². The molecular formula is C18H13N5O3. The summed E-state index contributed by atoms with van der Waals surface area (Å²) in [6.07, 6.45) is 3.25. The van der Waals surface area contributed by atoms with Crippen molar-refractivity contribution in [1.82, 2.24) is 9.99 Å². The second-order valence-electron chi connectivity index (χ2n) is 5.39. The average Bonchev–Trinajstić information content (AvgIpc) is 3.00. The second kappa shape index (κ2) is 7.27. The molecule has 0 saturated carbocycles. The molecule has 1 heterocycles. The number of carbonyl (C=O) groups is 1. The number of amides is 1. The number of nitro groups is 1. The van der Waals surface area contributed by atoms with Gasteiger partial charge >= 0.3 is 0 Å². The van der Waals surface area contributed by atoms with Gasteiger partial charge in [-0.05, 0) is 12.1 Å². The van der Waals surface area contributed by atoms with Crippen LogP contribution in [0.2, 0.25) is 0 Å². The van der Waals surface area contributed by atoms with Gasteiger partial charge in [0.05, 0.1) is 17.2 Å². The molecule has 1 aromatic heterocycles. The molecule has 1 N–H and O–H groups in total. The van der Waals surface area contributed by atoms with Crippen LogP contribution in [0.3, 0.4) is 0 Å². The summed E-state index contributed by atoms with van der Waals surface area (Å²) in [5.74, 6) is -0.550. The van der Waals surface area contributed by atoms with E-state index >= 15 is 0 Å². The third-order valence-corrected chi connectivity index (χ3v) is 3.75. The van der Waals surface area contributed by atoms with Gasteiger partial charge in [-0.25, -0.2) is 5.43 Å². The number of nitro benzene ring substituents is 1. The molecule has 26 heavy (non-hydrogen) atoms. The summed E-state index contributed by atoms with van der Waals surface area (Å²) in [6.45, 7) is 0.203. The van der Waals surface area contributed by atoms with Gasteiger partial charge in [0.1, 0.15) is 6.54 Å². The number of nitriles is 1. The first-order chi connectivity index (χ1) is 12.6. The van der Waals surface area contributed by atoms with Gasteiger partial charge in [0.2, 0.25) is 0 Å². The molecule has 0 fully saturated rings. The Bertz CT molecular complexity index is 1060. The van der Waals surface area contributed by atoms with E-state index in [0.717, 1.165) is 16.5 Å². The molecule has 8 nitrogen and oxygen atoms in total. The summed E-state index contributed by atoms with van der Waals surface area (Å²) in [6, 6.07) is 15.0. The van der Waals surface area contributed by atoms with Crippen LogP contribution in [0.25, 0.3) is 10.9 Å². The van der Waals surface area contributed by atoms with Crippen molar-refractivity contribution in [3.8, 4) is 6.07 Å². The van der Waals surface area contributed by atoms with Gasteiger partial charge in [-0.15, -0.1) is 0 Å². The van der Waals surface area contributed by atoms with Crippen molar-refractivity contribution in [1.29, 1.82) is 5.26 Å². The van der Waals surface area contributed by atoms with E-state index in [1.807, 2.05) is 24.3 Å². The lowest BCUT2D eigenvalue weighted by Gasteiger charge is -1.99. The number of rotatable bonds is 5. The minimum atomic E-state index is -0.565. The van der Waals surface area contributed by atoms with Crippen molar-refractivity contribution < 1.29 is 9.72 Å². The van der Waals surface area contributed by atoms with Crippen molar-refractivity contribution >= 4 is 28.7 Å². The molecule has 128 valence electrons. The van der Waals surface area contributed by atoms with Gasteiger partial charge in [0.25, 0.3) is 11.6 Å². The van der Waals surface area contributed by atoms with Crippen molar-refractivity contribution in [2.75, 3.05) is 0 Å². The van der Waals surface area contributed by atoms with E-state index in [9.17, 15) is 14.9 Å². The molecule has 0 spiro atoms. The summed E-state index contributed by atoms with van der Waals surface area (Å²) >= 11 is 0. The number of para-hydroxylation sites is 1. The number of nitrogens with zero attached hydrogens (tertiary/aromatic N) is 4. The smallest absolute Gasteiger partial charge is 0.271 e. The van der Waals surface area contributed by atoms with E-state index in [-0.39, 0.29) is 17.8 Å². The summed E-state index contributed by atoms with van der Waals surface area (Å²) < 4.78 is 1.79. The molecule has 0 atom stereocenters. The molecule has 0 aliphatic carbocycles. The van der Waals surface area contributed by atoms with Crippen LogP contribution in [0.5, 0.6) is 0 Å². The molecular weight excluding hydrogens is 334 g/mol. The first-order valence-corrected chi connectivity index (χ1v) is 7.63. The zero-order chi connectivity index (χ0) is 18.5. The second-order valence-corrected chi connectivity index (χ2v) is 5.39. The van der Waals surface area contributed by atoms with Crippen LogP contribution in [-0.2, 0) is 6.54 Å². The van der Waals surface area contributed by atoms with Gasteiger partial charge in [-0.1, -0.05) is 24.3 Å². The Morgan fingerprint density at radius 2 is 2.12 bits per heavy atom. The summed E-state index contributed by atoms with van der Waals surface area (Å²) in [5, 5.41) is 24.5. The molecule has 8 heteroatoms. The van der Waals surface area contributed by atoms with E-state index in [0.29, 0.717) is 0 Å². The molecule has 0 radical (unpaired) electrons. The molecule has 3 aromatic rings. The summed E-state index contributed by atoms with van der Waals surface area (Å²) in [5.41, 5.74) is 3.96. The minimum Gasteiger partial charge on any atom is -0.333 e. The topological polar surface area (TPSA) is 113 Å². The number of hydrogen-bond acceptors (Lipinski definition) is 5. The highest BCUT2D eigenvalue weighted by atomic mass is 16.6. The van der Waals surface area contributed by atoms with Gasteiger partial charge in [0, 0.05) is 40.4 Å². The molecule has 0 aliphatic heterocycles. The van der Waals surface area contributed by atoms with E-state index in [4.69, 9.17) is 5.26 Å². The SMILES string of the molecule is N#CCn1cc(/C=N\NC(=O)c2cccc([N+](=O)[O-])c2)c2ccccc21. The fourth-order valence-corrected chi connectivity index (χ4v) is 2.57. The Morgan fingerprint density at radius 1 is 1.31 bits per heavy atom. The molecule has 0 aliphatic rings. The van der Waals surface area contributed by atoms with Crippen LogP contribution >= 0.6 is 0 Å². The van der Waals surface area contributed by atoms with Crippen molar-refractivity contribution in [2.45, 2.75) is 6.54 Å². The molecule has 0 unspecified atom stereocenters. The Labute approximate surface area is 148 Å². The van der Waals surface area contributed by atoms with Crippen LogP contribution in [0, 0.1) is 21.4 Å². The van der Waals surface area contributed by atoms with E-state index < -0.39 is 10.8 Å². The Balaban J connectivity index is 1.80. The number of non-ortho nitro benzene ring substituents is 1. The van der Waals surface area contributed by atoms with Crippen LogP contribution in [0.15, 0.2) is 59.8 Å². The lowest BCUT2D eigenvalue weighted by atomic mass is 10.2. The van der Waals surface area contributed by atoms with Crippen LogP contribution in [-0.4, -0.2) is 21.6 Å². The predicted octanol–water partition coefficient (Wildman–Crippen LogP) is 2.84. The van der Waals surface area contributed by atoms with Gasteiger partial charge in [0.15, 0.2) is 0 Å². The zero-order valence-corrected chi connectivity index (χ0v) is 13.5. The maximum atomic E-state index is 12.1. The lowest BCUT2D eigenvalue weighted by Crippen LogP contribution is -2.17. The number of hydrazone groups is 1. The lowest BCUT2D eigenvalue weighted by molar-refractivity contribution is -0.384. The molecule has 1 amide bonds. The quantitative estimate of drug-likeness (QED) is 0.434. The van der Waals surface area contributed by atoms with Crippen LogP contribution < -0.4 is 5.43 Å². The van der Waals surface area contributed by atoms with Crippen LogP contribution in [0.1, 0.15) is 15.9 Å². The highest BCUT2D eigenvalue weighted by molar-refractivity contribution is 6.00. The average molecular weight is 347 g/mol. The number of hydrogen-bond donors (Lipinski definition) is 1. The maximum Gasteiger partial charge on any atom is 0.271 e. The first-order valence-electron chi connectivity index (χ1n) is 7.63. The predicted molar refractivity (Wildman–Crippen MR) is 95.7 cm³/mol. The number of nitrogens with one attached hydrogen (secondary N) is 1. The van der Waals surface area contributed by atoms with Gasteiger partial charge in [-0.3, -0.25) is 14.9 Å².